The van der Waals surface area contributed by atoms with Gasteiger partial charge in [0.05, 0.1) is 0 Å². The highest BCUT2D eigenvalue weighted by Gasteiger charge is 2.20. The molecular formula is C16H22O. The molecular weight excluding hydrogens is 208 g/mol. The molecule has 2 rings (SSSR count). The lowest BCUT2D eigenvalue weighted by Gasteiger charge is -2.26. The van der Waals surface area contributed by atoms with Crippen LogP contribution in [0.4, 0.5) is 0 Å². The Morgan fingerprint density at radius 3 is 2.76 bits per heavy atom. The normalized spacial score (nSPS) is 15.6. The minimum Gasteiger partial charge on any atom is -0.294 e. The van der Waals surface area contributed by atoms with Crippen LogP contribution in [-0.2, 0) is 0 Å². The summed E-state index contributed by atoms with van der Waals surface area (Å²) in [6.07, 6.45) is 8.02. The van der Waals surface area contributed by atoms with Crippen molar-refractivity contribution < 1.29 is 4.79 Å². The Hall–Kier alpha value is -1.11. The van der Waals surface area contributed by atoms with Gasteiger partial charge in [0.15, 0.2) is 5.78 Å². The summed E-state index contributed by atoms with van der Waals surface area (Å²) in [6, 6.07) is 8.31. The fourth-order valence-corrected chi connectivity index (χ4v) is 2.39. The average Bonchev–Trinajstić information content (AvgIpc) is 2.27. The van der Waals surface area contributed by atoms with Crippen LogP contribution < -0.4 is 0 Å². The summed E-state index contributed by atoms with van der Waals surface area (Å²) >= 11 is 0. The monoisotopic (exact) mass is 230 g/mol. The van der Waals surface area contributed by atoms with Crippen LogP contribution in [0.1, 0.15) is 73.7 Å². The third-order valence-corrected chi connectivity index (χ3v) is 3.79. The Kier molecular flexibility index (Phi) is 4.36. The Morgan fingerprint density at radius 1 is 1.29 bits per heavy atom. The Balaban J connectivity index is 1.97. The molecule has 1 aliphatic rings. The first-order chi connectivity index (χ1) is 8.31. The molecule has 1 aromatic rings. The maximum atomic E-state index is 12.0. The number of unbranched alkanes of at least 4 members (excludes halogenated alkanes) is 2. The van der Waals surface area contributed by atoms with Crippen molar-refractivity contribution in [3.63, 3.8) is 0 Å². The first-order valence-corrected chi connectivity index (χ1v) is 6.94. The first-order valence-electron chi connectivity index (χ1n) is 6.94. The molecule has 1 nitrogen and oxygen atoms in total. The van der Waals surface area contributed by atoms with Crippen LogP contribution in [0.15, 0.2) is 24.3 Å². The highest BCUT2D eigenvalue weighted by Crippen LogP contribution is 2.36. The van der Waals surface area contributed by atoms with E-state index >= 15 is 0 Å². The van der Waals surface area contributed by atoms with Crippen LogP contribution in [0.3, 0.4) is 0 Å². The highest BCUT2D eigenvalue weighted by molar-refractivity contribution is 5.96. The van der Waals surface area contributed by atoms with Crippen LogP contribution in [0.5, 0.6) is 0 Å². The maximum Gasteiger partial charge on any atom is 0.162 e. The third-order valence-electron chi connectivity index (χ3n) is 3.79. The van der Waals surface area contributed by atoms with E-state index in [2.05, 4.69) is 19.1 Å². The second-order valence-corrected chi connectivity index (χ2v) is 5.13. The van der Waals surface area contributed by atoms with Gasteiger partial charge in [-0.05, 0) is 36.8 Å². The number of hydrogen-bond donors (Lipinski definition) is 0. The molecule has 0 amide bonds. The number of benzene rings is 1. The summed E-state index contributed by atoms with van der Waals surface area (Å²) in [5, 5.41) is 0. The first kappa shape index (κ1) is 12.3. The smallest absolute Gasteiger partial charge is 0.162 e. The number of carbonyl (C=O) groups is 1. The van der Waals surface area contributed by atoms with Gasteiger partial charge >= 0.3 is 0 Å². The van der Waals surface area contributed by atoms with Crippen molar-refractivity contribution in [2.75, 3.05) is 0 Å². The quantitative estimate of drug-likeness (QED) is 0.510. The fraction of sp³-hybridized carbons (Fsp3) is 0.562. The summed E-state index contributed by atoms with van der Waals surface area (Å²) in [5.41, 5.74) is 2.29. The minimum absolute atomic E-state index is 0.319. The number of hydrogen-bond acceptors (Lipinski definition) is 1. The Bertz CT molecular complexity index is 377. The Labute approximate surface area is 104 Å². The van der Waals surface area contributed by atoms with Crippen LogP contribution in [0.2, 0.25) is 0 Å². The van der Waals surface area contributed by atoms with Gasteiger partial charge in [-0.15, -0.1) is 0 Å². The molecule has 0 saturated heterocycles. The van der Waals surface area contributed by atoms with Gasteiger partial charge in [0, 0.05) is 12.0 Å². The van der Waals surface area contributed by atoms with Crippen LogP contribution in [0, 0.1) is 0 Å². The predicted molar refractivity (Wildman–Crippen MR) is 71.5 cm³/mol. The summed E-state index contributed by atoms with van der Waals surface area (Å²) in [4.78, 5) is 12.0. The molecule has 0 spiro atoms. The van der Waals surface area contributed by atoms with Crippen LogP contribution >= 0.6 is 0 Å². The molecule has 1 aliphatic carbocycles. The zero-order chi connectivity index (χ0) is 12.1. The van der Waals surface area contributed by atoms with Gasteiger partial charge < -0.3 is 0 Å². The van der Waals surface area contributed by atoms with Gasteiger partial charge in [-0.3, -0.25) is 4.79 Å². The topological polar surface area (TPSA) is 17.1 Å². The average molecular weight is 230 g/mol. The predicted octanol–water partition coefficient (Wildman–Crippen LogP) is 4.72. The van der Waals surface area contributed by atoms with E-state index in [9.17, 15) is 4.79 Å². The van der Waals surface area contributed by atoms with Gasteiger partial charge in [-0.2, -0.15) is 0 Å². The number of ketones is 1. The summed E-state index contributed by atoms with van der Waals surface area (Å²) in [7, 11) is 0. The number of Topliss-reactive ketones (excluding diaryl/α,β-unsaturated/α-hetero) is 1. The third kappa shape index (κ3) is 3.18. The second kappa shape index (κ2) is 6.00. The zero-order valence-corrected chi connectivity index (χ0v) is 10.7. The van der Waals surface area contributed by atoms with Gasteiger partial charge in [0.25, 0.3) is 0 Å². The zero-order valence-electron chi connectivity index (χ0n) is 10.7. The summed E-state index contributed by atoms with van der Waals surface area (Å²) in [5.74, 6) is 1.04. The van der Waals surface area contributed by atoms with Gasteiger partial charge in [-0.1, -0.05) is 44.4 Å². The lowest BCUT2D eigenvalue weighted by Crippen LogP contribution is -2.09. The van der Waals surface area contributed by atoms with E-state index in [4.69, 9.17) is 0 Å². The number of rotatable bonds is 6. The molecule has 1 fully saturated rings. The highest BCUT2D eigenvalue weighted by atomic mass is 16.1. The lowest BCUT2D eigenvalue weighted by atomic mass is 9.79. The van der Waals surface area contributed by atoms with Crippen molar-refractivity contribution in [3.05, 3.63) is 35.4 Å². The lowest BCUT2D eigenvalue weighted by molar-refractivity contribution is 0.0979. The molecule has 0 radical (unpaired) electrons. The summed E-state index contributed by atoms with van der Waals surface area (Å²) < 4.78 is 0. The molecule has 0 aromatic heterocycles. The fourth-order valence-electron chi connectivity index (χ4n) is 2.39. The molecule has 17 heavy (non-hydrogen) atoms. The van der Waals surface area contributed by atoms with E-state index in [1.165, 1.54) is 31.2 Å². The second-order valence-electron chi connectivity index (χ2n) is 5.13. The molecule has 1 saturated carbocycles. The van der Waals surface area contributed by atoms with Crippen molar-refractivity contribution in [1.82, 2.24) is 0 Å². The van der Waals surface area contributed by atoms with E-state index in [0.717, 1.165) is 24.3 Å². The van der Waals surface area contributed by atoms with Crippen molar-refractivity contribution in [2.45, 2.75) is 57.8 Å². The van der Waals surface area contributed by atoms with Crippen molar-refractivity contribution in [1.29, 1.82) is 0 Å². The van der Waals surface area contributed by atoms with Crippen LogP contribution in [0.25, 0.3) is 0 Å². The molecule has 0 bridgehead atoms. The standard InChI is InChI=1S/C16H22O/c1-2-3-4-11-16(17)15-10-6-9-14(12-15)13-7-5-8-13/h6,9-10,12-13H,2-5,7-8,11H2,1H3. The molecule has 1 aromatic carbocycles. The molecule has 0 N–H and O–H groups in total. The molecule has 0 unspecified atom stereocenters. The van der Waals surface area contributed by atoms with Gasteiger partial charge in [-0.25, -0.2) is 0 Å². The molecule has 92 valence electrons. The van der Waals surface area contributed by atoms with Gasteiger partial charge in [0.1, 0.15) is 0 Å². The van der Waals surface area contributed by atoms with E-state index in [-0.39, 0.29) is 0 Å². The van der Waals surface area contributed by atoms with E-state index < -0.39 is 0 Å². The van der Waals surface area contributed by atoms with E-state index in [0.29, 0.717) is 12.2 Å². The minimum atomic E-state index is 0.319. The van der Waals surface area contributed by atoms with Crippen LogP contribution in [-0.4, -0.2) is 5.78 Å². The van der Waals surface area contributed by atoms with Gasteiger partial charge in [0.2, 0.25) is 0 Å². The molecule has 0 aliphatic heterocycles. The van der Waals surface area contributed by atoms with Crippen molar-refractivity contribution in [3.8, 4) is 0 Å². The van der Waals surface area contributed by atoms with E-state index in [1.807, 2.05) is 12.1 Å². The molecule has 0 heterocycles. The number of carbonyl (C=O) groups excluding carboxylic acids is 1. The maximum absolute atomic E-state index is 12.0. The Morgan fingerprint density at radius 2 is 2.12 bits per heavy atom. The van der Waals surface area contributed by atoms with Crippen molar-refractivity contribution in [2.24, 2.45) is 0 Å². The van der Waals surface area contributed by atoms with Crippen molar-refractivity contribution >= 4 is 5.78 Å². The molecule has 0 atom stereocenters. The SMILES string of the molecule is CCCCCC(=O)c1cccc(C2CCC2)c1. The van der Waals surface area contributed by atoms with E-state index in [1.54, 1.807) is 0 Å². The largest absolute Gasteiger partial charge is 0.294 e. The summed E-state index contributed by atoms with van der Waals surface area (Å²) in [6.45, 7) is 2.17. The molecule has 1 heteroatoms.